The van der Waals surface area contributed by atoms with E-state index in [1.54, 1.807) is 43.5 Å². The Morgan fingerprint density at radius 3 is 2.03 bits per heavy atom. The predicted molar refractivity (Wildman–Crippen MR) is 114 cm³/mol. The van der Waals surface area contributed by atoms with Gasteiger partial charge in [-0.3, -0.25) is 4.79 Å². The van der Waals surface area contributed by atoms with E-state index >= 15 is 0 Å². The number of para-hydroxylation sites is 1. The number of ether oxygens (including phenoxy) is 3. The predicted octanol–water partition coefficient (Wildman–Crippen LogP) is 4.38. The van der Waals surface area contributed by atoms with Crippen LogP contribution in [0.1, 0.15) is 5.56 Å². The normalized spacial score (nSPS) is 10.8. The fraction of sp³-hybridized carbons (Fsp3) is 0.130. The maximum absolute atomic E-state index is 12.2. The fourth-order valence-corrected chi connectivity index (χ4v) is 2.70. The number of carbonyl (C=O) groups is 1. The minimum Gasteiger partial charge on any atom is -0.497 e. The van der Waals surface area contributed by atoms with Crippen LogP contribution in [0.15, 0.2) is 78.0 Å². The summed E-state index contributed by atoms with van der Waals surface area (Å²) in [5, 5.41) is 6.39. The summed E-state index contributed by atoms with van der Waals surface area (Å²) < 4.78 is 17.2. The Hall–Kier alpha value is -4.00. The van der Waals surface area contributed by atoms with Crippen molar-refractivity contribution in [3.05, 3.63) is 78.4 Å². The maximum atomic E-state index is 12.2. The van der Waals surface area contributed by atoms with Crippen molar-refractivity contribution in [1.82, 2.24) is 5.32 Å². The summed E-state index contributed by atoms with van der Waals surface area (Å²) in [6.45, 7) is 0. The highest BCUT2D eigenvalue weighted by Gasteiger charge is 2.18. The fourth-order valence-electron chi connectivity index (χ4n) is 2.70. The summed E-state index contributed by atoms with van der Waals surface area (Å²) in [4.78, 5) is 17.0. The number of oxime groups is 1. The molecule has 7 heteroatoms. The van der Waals surface area contributed by atoms with Crippen LogP contribution in [0.2, 0.25) is 0 Å². The third kappa shape index (κ3) is 5.08. The lowest BCUT2D eigenvalue weighted by atomic mass is 10.1. The summed E-state index contributed by atoms with van der Waals surface area (Å²) in [6, 6.07) is 21.6. The van der Waals surface area contributed by atoms with Crippen LogP contribution in [0.25, 0.3) is 0 Å². The maximum Gasteiger partial charge on any atom is 0.273 e. The molecular formula is C23H22N2O5. The van der Waals surface area contributed by atoms with E-state index in [4.69, 9.17) is 19.0 Å². The topological polar surface area (TPSA) is 78.4 Å². The van der Waals surface area contributed by atoms with Gasteiger partial charge in [0.2, 0.25) is 0 Å². The highest BCUT2D eigenvalue weighted by atomic mass is 16.6. The second-order valence-corrected chi connectivity index (χ2v) is 6.06. The van der Waals surface area contributed by atoms with Gasteiger partial charge in [0.05, 0.1) is 12.7 Å². The SMILES string of the molecule is CNC(=O)/C(=N\OC)c1ccccc1Oc1cccc(Oc2cccc(OC)c2)c1. The van der Waals surface area contributed by atoms with Gasteiger partial charge in [0, 0.05) is 19.2 Å². The van der Waals surface area contributed by atoms with E-state index in [9.17, 15) is 4.79 Å². The summed E-state index contributed by atoms with van der Waals surface area (Å²) in [5.41, 5.74) is 0.609. The Morgan fingerprint density at radius 2 is 1.40 bits per heavy atom. The van der Waals surface area contributed by atoms with Gasteiger partial charge < -0.3 is 24.4 Å². The second kappa shape index (κ2) is 9.97. The van der Waals surface area contributed by atoms with Gasteiger partial charge in [-0.25, -0.2) is 0 Å². The van der Waals surface area contributed by atoms with Gasteiger partial charge in [0.15, 0.2) is 5.71 Å². The van der Waals surface area contributed by atoms with E-state index < -0.39 is 0 Å². The molecule has 3 rings (SSSR count). The van der Waals surface area contributed by atoms with E-state index in [0.29, 0.717) is 34.3 Å². The molecule has 0 saturated heterocycles. The van der Waals surface area contributed by atoms with Crippen LogP contribution in [0.4, 0.5) is 0 Å². The molecule has 3 aromatic carbocycles. The average molecular weight is 406 g/mol. The van der Waals surface area contributed by atoms with Gasteiger partial charge in [-0.2, -0.15) is 0 Å². The van der Waals surface area contributed by atoms with E-state index in [1.165, 1.54) is 14.2 Å². The Labute approximate surface area is 174 Å². The zero-order valence-electron chi connectivity index (χ0n) is 16.9. The molecule has 0 aliphatic carbocycles. The summed E-state index contributed by atoms with van der Waals surface area (Å²) >= 11 is 0. The van der Waals surface area contributed by atoms with Gasteiger partial charge in [0.1, 0.15) is 35.9 Å². The highest BCUT2D eigenvalue weighted by molar-refractivity contribution is 6.45. The second-order valence-electron chi connectivity index (χ2n) is 6.06. The number of rotatable bonds is 8. The smallest absolute Gasteiger partial charge is 0.273 e. The molecule has 1 amide bonds. The molecule has 0 saturated carbocycles. The van der Waals surface area contributed by atoms with Crippen molar-refractivity contribution in [2.45, 2.75) is 0 Å². The quantitative estimate of drug-likeness (QED) is 0.444. The molecule has 0 atom stereocenters. The Morgan fingerprint density at radius 1 is 0.800 bits per heavy atom. The molecule has 0 spiro atoms. The van der Waals surface area contributed by atoms with Gasteiger partial charge in [-0.05, 0) is 36.4 Å². The van der Waals surface area contributed by atoms with E-state index in [2.05, 4.69) is 10.5 Å². The third-order valence-electron chi connectivity index (χ3n) is 4.08. The average Bonchev–Trinajstić information content (AvgIpc) is 2.78. The minimum absolute atomic E-state index is 0.111. The number of amides is 1. The van der Waals surface area contributed by atoms with Crippen molar-refractivity contribution in [2.24, 2.45) is 5.16 Å². The van der Waals surface area contributed by atoms with Crippen molar-refractivity contribution in [3.8, 4) is 28.7 Å². The molecule has 154 valence electrons. The Kier molecular flexibility index (Phi) is 6.89. The number of hydrogen-bond acceptors (Lipinski definition) is 6. The van der Waals surface area contributed by atoms with Crippen molar-refractivity contribution < 1.29 is 23.8 Å². The molecule has 0 bridgehead atoms. The molecular weight excluding hydrogens is 384 g/mol. The third-order valence-corrected chi connectivity index (χ3v) is 4.08. The Balaban J connectivity index is 1.86. The minimum atomic E-state index is -0.386. The van der Waals surface area contributed by atoms with Crippen molar-refractivity contribution >= 4 is 11.6 Å². The first kappa shape index (κ1) is 20.7. The molecule has 0 aliphatic heterocycles. The Bertz CT molecular complexity index is 1050. The lowest BCUT2D eigenvalue weighted by molar-refractivity contribution is -0.114. The van der Waals surface area contributed by atoms with Crippen molar-refractivity contribution in [1.29, 1.82) is 0 Å². The van der Waals surface area contributed by atoms with E-state index in [-0.39, 0.29) is 11.6 Å². The number of nitrogens with zero attached hydrogens (tertiary/aromatic N) is 1. The molecule has 1 N–H and O–H groups in total. The van der Waals surface area contributed by atoms with Crippen LogP contribution < -0.4 is 19.5 Å². The number of nitrogens with one attached hydrogen (secondary N) is 1. The summed E-state index contributed by atoms with van der Waals surface area (Å²) in [5.74, 6) is 2.54. The molecule has 30 heavy (non-hydrogen) atoms. The largest absolute Gasteiger partial charge is 0.497 e. The first-order valence-corrected chi connectivity index (χ1v) is 9.17. The zero-order valence-corrected chi connectivity index (χ0v) is 16.9. The van der Waals surface area contributed by atoms with Gasteiger partial charge in [-0.15, -0.1) is 0 Å². The number of hydrogen-bond donors (Lipinski definition) is 1. The first-order valence-electron chi connectivity index (χ1n) is 9.17. The molecule has 0 fully saturated rings. The number of carbonyl (C=O) groups excluding carboxylic acids is 1. The van der Waals surface area contributed by atoms with Crippen LogP contribution in [-0.4, -0.2) is 32.9 Å². The first-order chi connectivity index (χ1) is 14.6. The molecule has 0 radical (unpaired) electrons. The zero-order chi connectivity index (χ0) is 21.3. The van der Waals surface area contributed by atoms with E-state index in [0.717, 1.165) is 0 Å². The molecule has 7 nitrogen and oxygen atoms in total. The molecule has 0 heterocycles. The molecule has 0 aromatic heterocycles. The summed E-state index contributed by atoms with van der Waals surface area (Å²) in [7, 11) is 4.51. The van der Waals surface area contributed by atoms with Crippen LogP contribution in [0.3, 0.4) is 0 Å². The number of methoxy groups -OCH3 is 1. The van der Waals surface area contributed by atoms with Gasteiger partial charge >= 0.3 is 0 Å². The van der Waals surface area contributed by atoms with Crippen LogP contribution in [0.5, 0.6) is 28.7 Å². The summed E-state index contributed by atoms with van der Waals surface area (Å²) in [6.07, 6.45) is 0. The lowest BCUT2D eigenvalue weighted by Crippen LogP contribution is -2.28. The van der Waals surface area contributed by atoms with Crippen molar-refractivity contribution in [2.75, 3.05) is 21.3 Å². The molecule has 3 aromatic rings. The van der Waals surface area contributed by atoms with Crippen LogP contribution >= 0.6 is 0 Å². The number of benzene rings is 3. The van der Waals surface area contributed by atoms with Gasteiger partial charge in [0.25, 0.3) is 5.91 Å². The monoisotopic (exact) mass is 406 g/mol. The standard InChI is InChI=1S/C23H22N2O5/c1-24-23(26)22(25-28-3)20-12-4-5-13-21(20)30-19-11-7-10-18(15-19)29-17-9-6-8-16(14-17)27-2/h4-15H,1-3H3,(H,24,26)/b25-22-. The van der Waals surface area contributed by atoms with Crippen molar-refractivity contribution in [3.63, 3.8) is 0 Å². The van der Waals surface area contributed by atoms with E-state index in [1.807, 2.05) is 36.4 Å². The number of likely N-dealkylation sites (N-methyl/N-ethyl adjacent to an activating group) is 1. The lowest BCUT2D eigenvalue weighted by Gasteiger charge is -2.13. The highest BCUT2D eigenvalue weighted by Crippen LogP contribution is 2.31. The molecule has 0 unspecified atom stereocenters. The van der Waals surface area contributed by atoms with Crippen LogP contribution in [0, 0.1) is 0 Å². The van der Waals surface area contributed by atoms with Crippen LogP contribution in [-0.2, 0) is 9.63 Å². The molecule has 0 aliphatic rings. The van der Waals surface area contributed by atoms with Gasteiger partial charge in [-0.1, -0.05) is 29.4 Å².